The van der Waals surface area contributed by atoms with Gasteiger partial charge in [0.25, 0.3) is 0 Å². The Morgan fingerprint density at radius 2 is 2.00 bits per heavy atom. The predicted molar refractivity (Wildman–Crippen MR) is 149 cm³/mol. The third kappa shape index (κ3) is 7.26. The number of carbonyl (C=O) groups excluding carboxylic acids is 1. The van der Waals surface area contributed by atoms with Crippen LogP contribution in [-0.2, 0) is 4.79 Å². The zero-order chi connectivity index (χ0) is 26.1. The fourth-order valence-corrected chi connectivity index (χ4v) is 4.68. The lowest BCUT2D eigenvalue weighted by Gasteiger charge is -2.41. The van der Waals surface area contributed by atoms with Crippen LogP contribution >= 0.6 is 23.4 Å². The van der Waals surface area contributed by atoms with Gasteiger partial charge in [-0.3, -0.25) is 4.79 Å². The maximum Gasteiger partial charge on any atom is 0.157 e. The second-order valence-corrected chi connectivity index (χ2v) is 9.46. The van der Waals surface area contributed by atoms with Crippen molar-refractivity contribution >= 4 is 40.9 Å². The summed E-state index contributed by atoms with van der Waals surface area (Å²) in [5.74, 6) is 1.54. The molecule has 36 heavy (non-hydrogen) atoms. The number of rotatable bonds is 12. The molecule has 1 saturated heterocycles. The van der Waals surface area contributed by atoms with Crippen LogP contribution in [0.4, 0.5) is 5.69 Å². The number of unbranched alkanes of at least 4 members (excludes halogenated alkanes) is 1. The molecule has 0 saturated carbocycles. The zero-order valence-corrected chi connectivity index (χ0v) is 22.7. The van der Waals surface area contributed by atoms with Crippen molar-refractivity contribution in [3.05, 3.63) is 70.8 Å². The summed E-state index contributed by atoms with van der Waals surface area (Å²) in [6.07, 6.45) is 7.65. The van der Waals surface area contributed by atoms with Gasteiger partial charge in [-0.15, -0.1) is 6.58 Å². The van der Waals surface area contributed by atoms with Crippen LogP contribution in [-0.4, -0.2) is 50.2 Å². The molecule has 1 heterocycles. The summed E-state index contributed by atoms with van der Waals surface area (Å²) < 4.78 is 11.3. The first-order chi connectivity index (χ1) is 17.4. The SMILES string of the molecule is C=CCCCOc1ccc(C=CC(=O)C[C@H]2CN(c3ccc(Cl)c(OC)c3)CCN2NCl)c(C)c1C. The molecule has 8 heteroatoms. The average Bonchev–Trinajstić information content (AvgIpc) is 2.88. The van der Waals surface area contributed by atoms with Gasteiger partial charge in [-0.2, -0.15) is 4.94 Å². The number of hydrogen-bond donors (Lipinski definition) is 1. The summed E-state index contributed by atoms with van der Waals surface area (Å²) >= 11 is 12.2. The van der Waals surface area contributed by atoms with Crippen molar-refractivity contribution in [2.24, 2.45) is 0 Å². The lowest BCUT2D eigenvalue weighted by Crippen LogP contribution is -2.56. The van der Waals surface area contributed by atoms with Gasteiger partial charge in [0.05, 0.1) is 24.8 Å². The number of carbonyl (C=O) groups is 1. The first kappa shape index (κ1) is 28.1. The Hall–Kier alpha value is -2.51. The molecule has 1 fully saturated rings. The number of nitrogens with one attached hydrogen (secondary N) is 1. The van der Waals surface area contributed by atoms with Crippen LogP contribution in [0.3, 0.4) is 0 Å². The minimum Gasteiger partial charge on any atom is -0.495 e. The number of piperazine rings is 1. The molecule has 2 aromatic rings. The largest absolute Gasteiger partial charge is 0.495 e. The molecular weight excluding hydrogens is 497 g/mol. The molecule has 0 bridgehead atoms. The van der Waals surface area contributed by atoms with E-state index in [1.165, 1.54) is 0 Å². The number of ketones is 1. The molecule has 0 spiro atoms. The van der Waals surface area contributed by atoms with Crippen LogP contribution in [0.15, 0.2) is 49.1 Å². The highest BCUT2D eigenvalue weighted by Gasteiger charge is 2.28. The van der Waals surface area contributed by atoms with Crippen LogP contribution in [0.25, 0.3) is 6.08 Å². The first-order valence-corrected chi connectivity index (χ1v) is 12.9. The number of allylic oxidation sites excluding steroid dienone is 2. The number of anilines is 1. The summed E-state index contributed by atoms with van der Waals surface area (Å²) in [6, 6.07) is 9.59. The Labute approximate surface area is 224 Å². The van der Waals surface area contributed by atoms with Gasteiger partial charge >= 0.3 is 0 Å². The zero-order valence-electron chi connectivity index (χ0n) is 21.2. The second-order valence-electron chi connectivity index (χ2n) is 8.88. The third-order valence-electron chi connectivity index (χ3n) is 6.57. The molecule has 1 atom stereocenters. The van der Waals surface area contributed by atoms with Crippen LogP contribution in [0.5, 0.6) is 11.5 Å². The maximum atomic E-state index is 12.9. The van der Waals surface area contributed by atoms with Crippen molar-refractivity contribution in [3.63, 3.8) is 0 Å². The van der Waals surface area contributed by atoms with Crippen LogP contribution in [0.1, 0.15) is 36.0 Å². The number of hydrazine groups is 1. The monoisotopic (exact) mass is 531 g/mol. The van der Waals surface area contributed by atoms with E-state index in [0.29, 0.717) is 36.9 Å². The van der Waals surface area contributed by atoms with E-state index in [4.69, 9.17) is 32.9 Å². The molecule has 6 nitrogen and oxygen atoms in total. The Bertz CT molecular complexity index is 1090. The third-order valence-corrected chi connectivity index (χ3v) is 7.10. The summed E-state index contributed by atoms with van der Waals surface area (Å²) in [7, 11) is 1.60. The van der Waals surface area contributed by atoms with Crippen molar-refractivity contribution in [2.45, 2.75) is 39.2 Å². The number of methoxy groups -OCH3 is 1. The lowest BCUT2D eigenvalue weighted by atomic mass is 10.0. The first-order valence-electron chi connectivity index (χ1n) is 12.1. The molecule has 0 amide bonds. The van der Waals surface area contributed by atoms with E-state index < -0.39 is 0 Å². The van der Waals surface area contributed by atoms with Gasteiger partial charge in [-0.1, -0.05) is 29.8 Å². The number of nitrogens with zero attached hydrogens (tertiary/aromatic N) is 2. The van der Waals surface area contributed by atoms with Crippen LogP contribution < -0.4 is 19.3 Å². The van der Waals surface area contributed by atoms with Gasteiger partial charge in [-0.05, 0) is 79.4 Å². The summed E-state index contributed by atoms with van der Waals surface area (Å²) in [5, 5.41) is 2.47. The summed E-state index contributed by atoms with van der Waals surface area (Å²) in [4.78, 5) is 17.9. The standard InChI is InChI=1S/C28H35Cl2N3O3/c1-5-6-7-16-36-27-13-9-22(20(2)21(27)3)8-11-25(34)17-24-19-32(14-15-33(24)31-30)23-10-12-26(29)28(18-23)35-4/h5,8-13,18,24,31H,1,6-7,14-17,19H2,2-4H3/t24-/m0/s1. The van der Waals surface area contributed by atoms with Crippen molar-refractivity contribution in [2.75, 3.05) is 38.3 Å². The highest BCUT2D eigenvalue weighted by Crippen LogP contribution is 2.31. The maximum absolute atomic E-state index is 12.9. The Balaban J connectivity index is 1.65. The Morgan fingerprint density at radius 1 is 1.19 bits per heavy atom. The molecule has 1 aliphatic rings. The molecule has 1 aliphatic heterocycles. The quantitative estimate of drug-likeness (QED) is 0.154. The molecule has 0 aliphatic carbocycles. The van der Waals surface area contributed by atoms with E-state index in [-0.39, 0.29) is 11.8 Å². The van der Waals surface area contributed by atoms with Gasteiger partial charge in [0.15, 0.2) is 5.78 Å². The molecule has 1 N–H and O–H groups in total. The number of halogens is 2. The minimum absolute atomic E-state index is 0.0364. The summed E-state index contributed by atoms with van der Waals surface area (Å²) in [6.45, 7) is 10.6. The highest BCUT2D eigenvalue weighted by molar-refractivity contribution is 6.32. The van der Waals surface area contributed by atoms with Crippen LogP contribution in [0, 0.1) is 13.8 Å². The highest BCUT2D eigenvalue weighted by atomic mass is 35.5. The van der Waals surface area contributed by atoms with Crippen molar-refractivity contribution < 1.29 is 14.3 Å². The topological polar surface area (TPSA) is 54.0 Å². The van der Waals surface area contributed by atoms with Gasteiger partial charge in [0.1, 0.15) is 11.5 Å². The van der Waals surface area contributed by atoms with E-state index >= 15 is 0 Å². The normalized spacial score (nSPS) is 16.4. The molecule has 3 rings (SSSR count). The van der Waals surface area contributed by atoms with Gasteiger partial charge in [0.2, 0.25) is 0 Å². The summed E-state index contributed by atoms with van der Waals surface area (Å²) in [5.41, 5.74) is 4.19. The predicted octanol–water partition coefficient (Wildman–Crippen LogP) is 6.13. The number of hydrogen-bond acceptors (Lipinski definition) is 6. The second kappa shape index (κ2) is 13.7. The van der Waals surface area contributed by atoms with Crippen molar-refractivity contribution in [1.29, 1.82) is 0 Å². The fraction of sp³-hybridized carbons (Fsp3) is 0.393. The van der Waals surface area contributed by atoms with E-state index in [1.54, 1.807) is 13.2 Å². The van der Waals surface area contributed by atoms with E-state index in [0.717, 1.165) is 47.5 Å². The number of ether oxygens (including phenoxy) is 2. The molecule has 2 aromatic carbocycles. The van der Waals surface area contributed by atoms with E-state index in [1.807, 2.05) is 54.4 Å². The number of benzene rings is 2. The molecule has 0 aromatic heterocycles. The van der Waals surface area contributed by atoms with Gasteiger partial charge in [0, 0.05) is 37.8 Å². The molecule has 0 unspecified atom stereocenters. The smallest absolute Gasteiger partial charge is 0.157 e. The Morgan fingerprint density at radius 3 is 2.72 bits per heavy atom. The fourth-order valence-electron chi connectivity index (χ4n) is 4.27. The van der Waals surface area contributed by atoms with Crippen molar-refractivity contribution in [3.8, 4) is 11.5 Å². The lowest BCUT2D eigenvalue weighted by molar-refractivity contribution is -0.116. The average molecular weight is 533 g/mol. The van der Waals surface area contributed by atoms with Gasteiger partial charge in [-0.25, -0.2) is 5.01 Å². The van der Waals surface area contributed by atoms with E-state index in [9.17, 15) is 4.79 Å². The van der Waals surface area contributed by atoms with Crippen LogP contribution in [0.2, 0.25) is 5.02 Å². The minimum atomic E-state index is -0.0933. The van der Waals surface area contributed by atoms with Crippen molar-refractivity contribution in [1.82, 2.24) is 9.95 Å². The molecule has 194 valence electrons. The molecule has 0 radical (unpaired) electrons. The van der Waals surface area contributed by atoms with E-state index in [2.05, 4.69) is 23.3 Å². The Kier molecular flexibility index (Phi) is 10.7. The van der Waals surface area contributed by atoms with Gasteiger partial charge < -0.3 is 14.4 Å². The molecular formula is C28H35Cl2N3O3.